The molecule has 0 radical (unpaired) electrons. The van der Waals surface area contributed by atoms with Crippen molar-refractivity contribution in [2.24, 2.45) is 0 Å². The van der Waals surface area contributed by atoms with Gasteiger partial charge in [-0.2, -0.15) is 0 Å². The van der Waals surface area contributed by atoms with Crippen molar-refractivity contribution in [2.75, 3.05) is 18.1 Å². The predicted octanol–water partition coefficient (Wildman–Crippen LogP) is 1.69. The summed E-state index contributed by atoms with van der Waals surface area (Å²) in [6, 6.07) is 7.40. The van der Waals surface area contributed by atoms with Crippen LogP contribution in [0.15, 0.2) is 36.5 Å². The summed E-state index contributed by atoms with van der Waals surface area (Å²) in [5.41, 5.74) is 2.42. The van der Waals surface area contributed by atoms with Crippen molar-refractivity contribution >= 4 is 11.8 Å². The Morgan fingerprint density at radius 1 is 1.38 bits per heavy atom. The Balaban J connectivity index is 2.21. The largest absolute Gasteiger partial charge is 0.442 e. The summed E-state index contributed by atoms with van der Waals surface area (Å²) in [6.45, 7) is 4.13. The molecule has 16 heavy (non-hydrogen) atoms. The molecule has 4 nitrogen and oxygen atoms in total. The molecule has 0 saturated carbocycles. The number of anilines is 1. The van der Waals surface area contributed by atoms with E-state index in [1.165, 1.54) is 4.90 Å². The molecule has 1 saturated heterocycles. The van der Waals surface area contributed by atoms with E-state index in [1.54, 1.807) is 0 Å². The van der Waals surface area contributed by atoms with Gasteiger partial charge >= 0.3 is 6.09 Å². The van der Waals surface area contributed by atoms with Crippen LogP contribution >= 0.6 is 0 Å². The van der Waals surface area contributed by atoms with E-state index in [4.69, 9.17) is 9.84 Å². The minimum atomic E-state index is -0.389. The van der Waals surface area contributed by atoms with Gasteiger partial charge in [-0.3, -0.25) is 0 Å². The smallest absolute Gasteiger partial charge is 0.419 e. The van der Waals surface area contributed by atoms with E-state index in [-0.39, 0.29) is 19.3 Å². The van der Waals surface area contributed by atoms with Crippen molar-refractivity contribution < 1.29 is 14.6 Å². The molecule has 0 atom stereocenters. The van der Waals surface area contributed by atoms with Crippen LogP contribution in [0.1, 0.15) is 5.56 Å². The highest BCUT2D eigenvalue weighted by Gasteiger charge is 2.27. The predicted molar refractivity (Wildman–Crippen MR) is 60.2 cm³/mol. The third-order valence-corrected chi connectivity index (χ3v) is 2.46. The molecule has 0 unspecified atom stereocenters. The number of hydrogen-bond donors (Lipinski definition) is 1. The van der Waals surface area contributed by atoms with Crippen LogP contribution in [-0.4, -0.2) is 24.4 Å². The highest BCUT2D eigenvalue weighted by Crippen LogP contribution is 2.24. The summed E-state index contributed by atoms with van der Waals surface area (Å²) in [7, 11) is 0. The van der Waals surface area contributed by atoms with Crippen LogP contribution < -0.4 is 4.90 Å². The number of carbonyl (C=O) groups is 1. The van der Waals surface area contributed by atoms with Crippen molar-refractivity contribution in [3.05, 3.63) is 42.1 Å². The third-order valence-electron chi connectivity index (χ3n) is 2.46. The van der Waals surface area contributed by atoms with Gasteiger partial charge in [0.25, 0.3) is 0 Å². The van der Waals surface area contributed by atoms with Crippen LogP contribution in [0, 0.1) is 0 Å². The Bertz CT molecular complexity index is 395. The van der Waals surface area contributed by atoms with Gasteiger partial charge in [-0.15, -0.1) is 0 Å². The maximum atomic E-state index is 11.4. The van der Waals surface area contributed by atoms with E-state index in [9.17, 15) is 4.79 Å². The van der Waals surface area contributed by atoms with E-state index in [2.05, 4.69) is 6.58 Å². The van der Waals surface area contributed by atoms with Crippen molar-refractivity contribution in [2.45, 2.75) is 6.42 Å². The van der Waals surface area contributed by atoms with Crippen LogP contribution in [0.5, 0.6) is 0 Å². The fourth-order valence-corrected chi connectivity index (χ4v) is 1.63. The number of hydrogen-bond acceptors (Lipinski definition) is 3. The van der Waals surface area contributed by atoms with E-state index < -0.39 is 0 Å². The van der Waals surface area contributed by atoms with Crippen LogP contribution in [0.2, 0.25) is 0 Å². The topological polar surface area (TPSA) is 49.8 Å². The Labute approximate surface area is 93.8 Å². The molecule has 2 rings (SSSR count). The fourth-order valence-electron chi connectivity index (χ4n) is 1.63. The van der Waals surface area contributed by atoms with Crippen LogP contribution in [-0.2, 0) is 11.2 Å². The summed E-state index contributed by atoms with van der Waals surface area (Å²) < 4.78 is 4.86. The van der Waals surface area contributed by atoms with Gasteiger partial charge in [-0.05, 0) is 24.1 Å². The molecule has 1 aliphatic rings. The number of ether oxygens (including phenoxy) is 1. The highest BCUT2D eigenvalue weighted by molar-refractivity contribution is 5.93. The average Bonchev–Trinajstić information content (AvgIpc) is 2.61. The molecule has 1 amide bonds. The molecule has 1 fully saturated rings. The molecule has 0 bridgehead atoms. The Morgan fingerprint density at radius 2 is 2.06 bits per heavy atom. The number of aliphatic hydroxyl groups excluding tert-OH is 1. The number of nitrogens with zero attached hydrogens (tertiary/aromatic N) is 1. The van der Waals surface area contributed by atoms with Crippen molar-refractivity contribution in [3.63, 3.8) is 0 Å². The molecule has 84 valence electrons. The number of cyclic esters (lactones) is 1. The zero-order chi connectivity index (χ0) is 11.5. The Kier molecular flexibility index (Phi) is 2.92. The molecule has 0 spiro atoms. The maximum absolute atomic E-state index is 11.4. The molecule has 1 aliphatic heterocycles. The Hall–Kier alpha value is -1.81. The Morgan fingerprint density at radius 3 is 2.56 bits per heavy atom. The van der Waals surface area contributed by atoms with Crippen LogP contribution in [0.3, 0.4) is 0 Å². The second kappa shape index (κ2) is 4.37. The van der Waals surface area contributed by atoms with Crippen molar-refractivity contribution in [1.82, 2.24) is 0 Å². The normalized spacial score (nSPS) is 15.4. The summed E-state index contributed by atoms with van der Waals surface area (Å²) in [5.74, 6) is 0. The second-order valence-electron chi connectivity index (χ2n) is 3.60. The highest BCUT2D eigenvalue weighted by atomic mass is 16.6. The first kappa shape index (κ1) is 10.7. The maximum Gasteiger partial charge on any atom is 0.419 e. The molecule has 4 heteroatoms. The van der Waals surface area contributed by atoms with Crippen LogP contribution in [0.4, 0.5) is 10.5 Å². The molecule has 1 aromatic carbocycles. The molecule has 0 aromatic heterocycles. The summed E-state index contributed by atoms with van der Waals surface area (Å²) in [5, 5.41) is 8.79. The van der Waals surface area contributed by atoms with Gasteiger partial charge in [0.05, 0.1) is 11.4 Å². The van der Waals surface area contributed by atoms with Gasteiger partial charge in [-0.25, -0.2) is 9.69 Å². The van der Waals surface area contributed by atoms with Crippen molar-refractivity contribution in [3.8, 4) is 0 Å². The standard InChI is InChI=1S/C12H13NO3/c1-9-8-16-12(15)13(9)11-4-2-10(3-5-11)6-7-14/h2-5,14H,1,6-8H2. The second-order valence-corrected chi connectivity index (χ2v) is 3.60. The monoisotopic (exact) mass is 219 g/mol. The van der Waals surface area contributed by atoms with E-state index in [0.29, 0.717) is 12.1 Å². The van der Waals surface area contributed by atoms with Gasteiger partial charge < -0.3 is 9.84 Å². The van der Waals surface area contributed by atoms with Gasteiger partial charge in [0.2, 0.25) is 0 Å². The van der Waals surface area contributed by atoms with E-state index in [0.717, 1.165) is 11.3 Å². The van der Waals surface area contributed by atoms with Gasteiger partial charge in [0.15, 0.2) is 0 Å². The first-order valence-corrected chi connectivity index (χ1v) is 5.07. The summed E-state index contributed by atoms with van der Waals surface area (Å²) in [6.07, 6.45) is 0.228. The number of benzene rings is 1. The molecule has 1 N–H and O–H groups in total. The lowest BCUT2D eigenvalue weighted by Gasteiger charge is -2.14. The molecular formula is C12H13NO3. The fraction of sp³-hybridized carbons (Fsp3) is 0.250. The van der Waals surface area contributed by atoms with Gasteiger partial charge in [-0.1, -0.05) is 18.7 Å². The molecule has 0 aliphatic carbocycles. The molecule has 1 heterocycles. The van der Waals surface area contributed by atoms with Crippen LogP contribution in [0.25, 0.3) is 0 Å². The number of carbonyl (C=O) groups excluding carboxylic acids is 1. The van der Waals surface area contributed by atoms with E-state index in [1.807, 2.05) is 24.3 Å². The average molecular weight is 219 g/mol. The number of rotatable bonds is 3. The first-order chi connectivity index (χ1) is 7.72. The summed E-state index contributed by atoms with van der Waals surface area (Å²) >= 11 is 0. The van der Waals surface area contributed by atoms with Gasteiger partial charge in [0, 0.05) is 6.61 Å². The lowest BCUT2D eigenvalue weighted by atomic mass is 10.1. The zero-order valence-electron chi connectivity index (χ0n) is 8.85. The molecule has 1 aromatic rings. The first-order valence-electron chi connectivity index (χ1n) is 5.07. The zero-order valence-corrected chi connectivity index (χ0v) is 8.85. The number of aliphatic hydroxyl groups is 1. The lowest BCUT2D eigenvalue weighted by Crippen LogP contribution is -2.21. The minimum Gasteiger partial charge on any atom is -0.442 e. The van der Waals surface area contributed by atoms with Crippen molar-refractivity contribution in [1.29, 1.82) is 0 Å². The third kappa shape index (κ3) is 1.92. The minimum absolute atomic E-state index is 0.123. The molecular weight excluding hydrogens is 206 g/mol. The summed E-state index contributed by atoms with van der Waals surface area (Å²) in [4.78, 5) is 12.8. The lowest BCUT2D eigenvalue weighted by molar-refractivity contribution is 0.182. The quantitative estimate of drug-likeness (QED) is 0.841. The van der Waals surface area contributed by atoms with Gasteiger partial charge in [0.1, 0.15) is 6.61 Å². The number of amides is 1. The van der Waals surface area contributed by atoms with E-state index >= 15 is 0 Å². The SMILES string of the molecule is C=C1COC(=O)N1c1ccc(CCO)cc1.